The van der Waals surface area contributed by atoms with Crippen LogP contribution in [0.4, 0.5) is 4.39 Å². The van der Waals surface area contributed by atoms with E-state index in [0.717, 1.165) is 6.42 Å². The van der Waals surface area contributed by atoms with Crippen molar-refractivity contribution in [2.45, 2.75) is 30.4 Å². The molecule has 0 saturated heterocycles. The van der Waals surface area contributed by atoms with Crippen LogP contribution in [0.25, 0.3) is 0 Å². The predicted molar refractivity (Wildman–Crippen MR) is 66.7 cm³/mol. The van der Waals surface area contributed by atoms with E-state index in [-0.39, 0.29) is 10.0 Å². The van der Waals surface area contributed by atoms with Crippen LogP contribution in [-0.4, -0.2) is 16.3 Å². The van der Waals surface area contributed by atoms with Crippen molar-refractivity contribution in [1.29, 1.82) is 0 Å². The summed E-state index contributed by atoms with van der Waals surface area (Å²) in [6.07, 6.45) is 0.933. The van der Waals surface area contributed by atoms with Gasteiger partial charge in [-0.25, -0.2) is 9.18 Å². The Hall–Kier alpha value is -0.550. The van der Waals surface area contributed by atoms with Crippen LogP contribution in [0.3, 0.4) is 0 Å². The van der Waals surface area contributed by atoms with Crippen molar-refractivity contribution in [3.05, 3.63) is 28.0 Å². The molecular formula is C11H12BrFO2S. The third-order valence-corrected chi connectivity index (χ3v) is 4.26. The van der Waals surface area contributed by atoms with E-state index in [1.807, 2.05) is 13.8 Å². The van der Waals surface area contributed by atoms with Gasteiger partial charge in [0.2, 0.25) is 0 Å². The van der Waals surface area contributed by atoms with Crippen LogP contribution >= 0.6 is 27.7 Å². The Morgan fingerprint density at radius 2 is 2.25 bits per heavy atom. The molecule has 0 spiro atoms. The Kier molecular flexibility index (Phi) is 4.80. The molecule has 5 heteroatoms. The molecule has 0 fully saturated rings. The quantitative estimate of drug-likeness (QED) is 0.848. The third kappa shape index (κ3) is 2.98. The number of benzene rings is 1. The number of hydrogen-bond acceptors (Lipinski definition) is 2. The van der Waals surface area contributed by atoms with E-state index in [9.17, 15) is 9.18 Å². The van der Waals surface area contributed by atoms with E-state index >= 15 is 0 Å². The smallest absolute Gasteiger partial charge is 0.336 e. The van der Waals surface area contributed by atoms with E-state index < -0.39 is 11.8 Å². The minimum absolute atomic E-state index is 0.0216. The Morgan fingerprint density at radius 1 is 1.62 bits per heavy atom. The lowest BCUT2D eigenvalue weighted by Crippen LogP contribution is -2.01. The van der Waals surface area contributed by atoms with Gasteiger partial charge in [0.15, 0.2) is 5.82 Å². The maximum absolute atomic E-state index is 13.8. The van der Waals surface area contributed by atoms with Crippen LogP contribution < -0.4 is 0 Å². The van der Waals surface area contributed by atoms with E-state index in [1.54, 1.807) is 0 Å². The average Bonchev–Trinajstić information content (AvgIpc) is 2.24. The molecule has 0 aliphatic carbocycles. The fourth-order valence-electron chi connectivity index (χ4n) is 1.09. The number of thioether (sulfide) groups is 1. The first-order valence-corrected chi connectivity index (χ1v) is 6.52. The van der Waals surface area contributed by atoms with E-state index in [0.29, 0.717) is 10.1 Å². The van der Waals surface area contributed by atoms with Crippen molar-refractivity contribution >= 4 is 33.7 Å². The van der Waals surface area contributed by atoms with Crippen molar-refractivity contribution in [2.75, 3.05) is 0 Å². The van der Waals surface area contributed by atoms with Gasteiger partial charge in [0.05, 0.1) is 10.0 Å². The highest BCUT2D eigenvalue weighted by atomic mass is 79.9. The Balaban J connectivity index is 3.07. The molecule has 1 rings (SSSR count). The lowest BCUT2D eigenvalue weighted by atomic mass is 10.2. The van der Waals surface area contributed by atoms with Gasteiger partial charge in [-0.1, -0.05) is 13.8 Å². The lowest BCUT2D eigenvalue weighted by Gasteiger charge is -2.10. The van der Waals surface area contributed by atoms with Crippen LogP contribution in [0.15, 0.2) is 21.5 Å². The second-order valence-electron chi connectivity index (χ2n) is 3.38. The highest BCUT2D eigenvalue weighted by molar-refractivity contribution is 9.10. The molecule has 16 heavy (non-hydrogen) atoms. The van der Waals surface area contributed by atoms with Crippen molar-refractivity contribution in [1.82, 2.24) is 0 Å². The van der Waals surface area contributed by atoms with E-state index in [2.05, 4.69) is 15.9 Å². The SMILES string of the molecule is CCC(C)Sc1ccc(C(=O)O)c(Br)c1F. The number of hydrogen-bond donors (Lipinski definition) is 1. The molecule has 0 aromatic heterocycles. The van der Waals surface area contributed by atoms with E-state index in [4.69, 9.17) is 5.11 Å². The predicted octanol–water partition coefficient (Wildman–Crippen LogP) is 4.18. The minimum atomic E-state index is -1.13. The summed E-state index contributed by atoms with van der Waals surface area (Å²) in [5, 5.41) is 9.11. The van der Waals surface area contributed by atoms with Gasteiger partial charge >= 0.3 is 5.97 Å². The standard InChI is InChI=1S/C11H12BrFO2S/c1-3-6(2)16-8-5-4-7(11(14)15)9(12)10(8)13/h4-6H,3H2,1-2H3,(H,14,15). The molecule has 0 aliphatic heterocycles. The fourth-order valence-corrected chi connectivity index (χ4v) is 2.69. The maximum Gasteiger partial charge on any atom is 0.336 e. The molecular weight excluding hydrogens is 295 g/mol. The first-order valence-electron chi connectivity index (χ1n) is 4.85. The summed E-state index contributed by atoms with van der Waals surface area (Å²) in [5.74, 6) is -1.63. The molecule has 1 aromatic carbocycles. The van der Waals surface area contributed by atoms with Gasteiger partial charge in [-0.3, -0.25) is 0 Å². The summed E-state index contributed by atoms with van der Waals surface area (Å²) >= 11 is 4.38. The highest BCUT2D eigenvalue weighted by Crippen LogP contribution is 2.33. The number of rotatable bonds is 4. The van der Waals surface area contributed by atoms with Gasteiger partial charge in [0.1, 0.15) is 0 Å². The number of carboxylic acid groups (broad SMARTS) is 1. The number of carboxylic acids is 1. The normalized spacial score (nSPS) is 12.5. The summed E-state index contributed by atoms with van der Waals surface area (Å²) in [5.41, 5.74) is -0.0500. The zero-order chi connectivity index (χ0) is 12.3. The molecule has 0 amide bonds. The van der Waals surface area contributed by atoms with Gasteiger partial charge in [-0.2, -0.15) is 0 Å². The Labute approximate surface area is 106 Å². The molecule has 0 aliphatic rings. The average molecular weight is 307 g/mol. The summed E-state index contributed by atoms with van der Waals surface area (Å²) in [6, 6.07) is 2.93. The van der Waals surface area contributed by atoms with Crippen LogP contribution in [0, 0.1) is 5.82 Å². The largest absolute Gasteiger partial charge is 0.478 e. The Morgan fingerprint density at radius 3 is 2.75 bits per heavy atom. The summed E-state index contributed by atoms with van der Waals surface area (Å²) < 4.78 is 13.8. The van der Waals surface area contributed by atoms with Crippen molar-refractivity contribution in [2.24, 2.45) is 0 Å². The fraction of sp³-hybridized carbons (Fsp3) is 0.364. The second kappa shape index (κ2) is 5.68. The minimum Gasteiger partial charge on any atom is -0.478 e. The first kappa shape index (κ1) is 13.5. The number of aromatic carboxylic acids is 1. The third-order valence-electron chi connectivity index (χ3n) is 2.18. The highest BCUT2D eigenvalue weighted by Gasteiger charge is 2.17. The summed E-state index contributed by atoms with van der Waals surface area (Å²) in [7, 11) is 0. The van der Waals surface area contributed by atoms with Crippen molar-refractivity contribution in [3.8, 4) is 0 Å². The topological polar surface area (TPSA) is 37.3 Å². The van der Waals surface area contributed by atoms with Crippen LogP contribution in [0.2, 0.25) is 0 Å². The Bertz CT molecular complexity index is 409. The first-order chi connectivity index (χ1) is 7.47. The second-order valence-corrected chi connectivity index (χ2v) is 5.65. The van der Waals surface area contributed by atoms with Gasteiger partial charge in [-0.15, -0.1) is 11.8 Å². The maximum atomic E-state index is 13.8. The van der Waals surface area contributed by atoms with Gasteiger partial charge in [-0.05, 0) is 34.5 Å². The molecule has 0 bridgehead atoms. The zero-order valence-corrected chi connectivity index (χ0v) is 11.4. The van der Waals surface area contributed by atoms with Crippen LogP contribution in [0.5, 0.6) is 0 Å². The van der Waals surface area contributed by atoms with Gasteiger partial charge < -0.3 is 5.11 Å². The summed E-state index contributed by atoms with van der Waals surface area (Å²) in [4.78, 5) is 11.2. The monoisotopic (exact) mass is 306 g/mol. The number of halogens is 2. The molecule has 0 heterocycles. The molecule has 0 saturated carbocycles. The molecule has 1 atom stereocenters. The van der Waals surface area contributed by atoms with Crippen LogP contribution in [-0.2, 0) is 0 Å². The lowest BCUT2D eigenvalue weighted by molar-refractivity contribution is 0.0695. The van der Waals surface area contributed by atoms with E-state index in [1.165, 1.54) is 23.9 Å². The number of carbonyl (C=O) groups is 1. The van der Waals surface area contributed by atoms with Crippen LogP contribution in [0.1, 0.15) is 30.6 Å². The molecule has 0 radical (unpaired) electrons. The van der Waals surface area contributed by atoms with Crippen molar-refractivity contribution in [3.63, 3.8) is 0 Å². The zero-order valence-electron chi connectivity index (χ0n) is 8.96. The molecule has 1 N–H and O–H groups in total. The van der Waals surface area contributed by atoms with Crippen molar-refractivity contribution < 1.29 is 14.3 Å². The molecule has 2 nitrogen and oxygen atoms in total. The molecule has 1 unspecified atom stereocenters. The summed E-state index contributed by atoms with van der Waals surface area (Å²) in [6.45, 7) is 4.03. The van der Waals surface area contributed by atoms with Gasteiger partial charge in [0, 0.05) is 10.1 Å². The molecule has 88 valence electrons. The molecule has 1 aromatic rings. The van der Waals surface area contributed by atoms with Gasteiger partial charge in [0.25, 0.3) is 0 Å².